The summed E-state index contributed by atoms with van der Waals surface area (Å²) >= 11 is 13.0. The zero-order valence-corrected chi connectivity index (χ0v) is 24.5. The molecule has 3 aromatic carbocycles. The summed E-state index contributed by atoms with van der Waals surface area (Å²) in [7, 11) is 1.61. The largest absolute Gasteiger partial charge is 0.497 e. The van der Waals surface area contributed by atoms with E-state index in [0.29, 0.717) is 23.7 Å². The highest BCUT2D eigenvalue weighted by Crippen LogP contribution is 2.40. The summed E-state index contributed by atoms with van der Waals surface area (Å²) in [6, 6.07) is 16.1. The smallest absolute Gasteiger partial charge is 0.387 e. The van der Waals surface area contributed by atoms with Crippen molar-refractivity contribution in [2.75, 3.05) is 20.3 Å². The van der Waals surface area contributed by atoms with Crippen molar-refractivity contribution in [2.24, 2.45) is 5.92 Å². The number of carbonyl (C=O) groups is 1. The van der Waals surface area contributed by atoms with Gasteiger partial charge in [-0.05, 0) is 71.8 Å². The number of fused-ring (bicyclic) bond motifs is 1. The van der Waals surface area contributed by atoms with E-state index >= 15 is 0 Å². The third kappa shape index (κ3) is 7.05. The SMILES string of the molecule is COc1ccc2cc(C(C)C(=O)OCC(c3ccc(OC(F)F)c(OCC4CC4)c3)c3c(Cl)cncc3Cl)ccc2c1. The molecule has 1 aliphatic carbocycles. The van der Waals surface area contributed by atoms with E-state index in [0.717, 1.165) is 34.9 Å². The second-order valence-corrected chi connectivity index (χ2v) is 11.0. The maximum Gasteiger partial charge on any atom is 0.387 e. The second-order valence-electron chi connectivity index (χ2n) is 10.2. The molecule has 220 valence electrons. The van der Waals surface area contributed by atoms with Crippen molar-refractivity contribution in [1.82, 2.24) is 4.98 Å². The number of esters is 1. The molecule has 42 heavy (non-hydrogen) atoms. The Bertz CT molecular complexity index is 1560. The Morgan fingerprint density at radius 2 is 1.64 bits per heavy atom. The van der Waals surface area contributed by atoms with Crippen LogP contribution in [-0.2, 0) is 9.53 Å². The van der Waals surface area contributed by atoms with E-state index in [1.807, 2.05) is 36.4 Å². The molecule has 0 amide bonds. The van der Waals surface area contributed by atoms with E-state index in [1.54, 1.807) is 26.2 Å². The quantitative estimate of drug-likeness (QED) is 0.149. The summed E-state index contributed by atoms with van der Waals surface area (Å²) in [6.07, 6.45) is 4.94. The Morgan fingerprint density at radius 1 is 0.952 bits per heavy atom. The molecular formula is C32H29Cl2F2NO5. The minimum atomic E-state index is -3.02. The summed E-state index contributed by atoms with van der Waals surface area (Å²) in [6.45, 7) is -0.975. The molecule has 10 heteroatoms. The van der Waals surface area contributed by atoms with Gasteiger partial charge in [-0.1, -0.05) is 53.5 Å². The number of hydrogen-bond acceptors (Lipinski definition) is 6. The summed E-state index contributed by atoms with van der Waals surface area (Å²) in [5.74, 6) is -0.448. The first-order valence-corrected chi connectivity index (χ1v) is 14.2. The maximum absolute atomic E-state index is 13.3. The van der Waals surface area contributed by atoms with Crippen molar-refractivity contribution < 1.29 is 32.5 Å². The fraction of sp³-hybridized carbons (Fsp3) is 0.312. The molecule has 1 fully saturated rings. The number of halogens is 4. The fourth-order valence-corrected chi connectivity index (χ4v) is 5.33. The number of benzene rings is 3. The van der Waals surface area contributed by atoms with Gasteiger partial charge in [0, 0.05) is 23.9 Å². The molecule has 0 saturated heterocycles. The molecule has 2 atom stereocenters. The minimum absolute atomic E-state index is 0.0837. The molecule has 0 radical (unpaired) electrons. The zero-order valence-electron chi connectivity index (χ0n) is 23.0. The Morgan fingerprint density at radius 3 is 2.33 bits per heavy atom. The number of methoxy groups -OCH3 is 1. The molecule has 0 aliphatic heterocycles. The molecule has 1 aromatic heterocycles. The van der Waals surface area contributed by atoms with Crippen LogP contribution in [0.4, 0.5) is 8.78 Å². The summed E-state index contributed by atoms with van der Waals surface area (Å²) in [5, 5.41) is 2.50. The first kappa shape index (κ1) is 29.9. The lowest BCUT2D eigenvalue weighted by atomic mass is 9.92. The van der Waals surface area contributed by atoms with E-state index in [2.05, 4.69) is 4.98 Å². The van der Waals surface area contributed by atoms with Gasteiger partial charge in [-0.25, -0.2) is 0 Å². The van der Waals surface area contributed by atoms with Crippen LogP contribution >= 0.6 is 23.2 Å². The number of alkyl halides is 2. The average Bonchev–Trinajstić information content (AvgIpc) is 3.81. The number of hydrogen-bond donors (Lipinski definition) is 0. The highest BCUT2D eigenvalue weighted by molar-refractivity contribution is 6.35. The molecule has 5 rings (SSSR count). The predicted molar refractivity (Wildman–Crippen MR) is 157 cm³/mol. The van der Waals surface area contributed by atoms with Crippen molar-refractivity contribution in [2.45, 2.75) is 38.2 Å². The fourth-order valence-electron chi connectivity index (χ4n) is 4.71. The highest BCUT2D eigenvalue weighted by Gasteiger charge is 2.27. The van der Waals surface area contributed by atoms with Gasteiger partial charge >= 0.3 is 12.6 Å². The predicted octanol–water partition coefficient (Wildman–Crippen LogP) is 8.42. The molecule has 4 aromatic rings. The van der Waals surface area contributed by atoms with Crippen LogP contribution in [0.2, 0.25) is 10.0 Å². The molecule has 0 spiro atoms. The number of aromatic nitrogens is 1. The van der Waals surface area contributed by atoms with E-state index in [-0.39, 0.29) is 28.2 Å². The van der Waals surface area contributed by atoms with Crippen LogP contribution in [0, 0.1) is 5.92 Å². The monoisotopic (exact) mass is 615 g/mol. The van der Waals surface area contributed by atoms with Crippen LogP contribution in [0.15, 0.2) is 67.0 Å². The first-order chi connectivity index (χ1) is 20.2. The summed E-state index contributed by atoms with van der Waals surface area (Å²) in [4.78, 5) is 17.3. The van der Waals surface area contributed by atoms with Crippen LogP contribution < -0.4 is 14.2 Å². The summed E-state index contributed by atoms with van der Waals surface area (Å²) in [5.41, 5.74) is 1.88. The van der Waals surface area contributed by atoms with Gasteiger partial charge in [-0.15, -0.1) is 0 Å². The van der Waals surface area contributed by atoms with Gasteiger partial charge in [-0.3, -0.25) is 9.78 Å². The van der Waals surface area contributed by atoms with Crippen molar-refractivity contribution in [1.29, 1.82) is 0 Å². The van der Waals surface area contributed by atoms with Crippen molar-refractivity contribution in [3.05, 3.63) is 93.7 Å². The Labute approximate surface area is 252 Å². The van der Waals surface area contributed by atoms with E-state index in [4.69, 9.17) is 42.1 Å². The van der Waals surface area contributed by atoms with Gasteiger partial charge < -0.3 is 18.9 Å². The third-order valence-corrected chi connectivity index (χ3v) is 7.92. The lowest BCUT2D eigenvalue weighted by molar-refractivity contribution is -0.145. The summed E-state index contributed by atoms with van der Waals surface area (Å²) < 4.78 is 47.9. The molecular weight excluding hydrogens is 587 g/mol. The van der Waals surface area contributed by atoms with Crippen LogP contribution in [0.5, 0.6) is 17.2 Å². The van der Waals surface area contributed by atoms with Crippen molar-refractivity contribution >= 4 is 39.9 Å². The van der Waals surface area contributed by atoms with Gasteiger partial charge in [0.2, 0.25) is 0 Å². The normalized spacial score (nSPS) is 14.5. The highest BCUT2D eigenvalue weighted by atomic mass is 35.5. The van der Waals surface area contributed by atoms with Gasteiger partial charge in [0.1, 0.15) is 12.4 Å². The topological polar surface area (TPSA) is 66.9 Å². The van der Waals surface area contributed by atoms with Crippen LogP contribution in [0.25, 0.3) is 10.8 Å². The standard InChI is InChI=1S/C32H29Cl2F2NO5/c1-18(20-5-6-22-12-24(39-2)9-7-21(22)11-20)31(38)41-17-25(30-26(33)14-37-15-27(30)34)23-8-10-28(42-32(35)36)29(13-23)40-16-19-3-4-19/h5-15,18-19,25,32H,3-4,16-17H2,1-2H3. The lowest BCUT2D eigenvalue weighted by Gasteiger charge is -2.23. The van der Waals surface area contributed by atoms with Crippen LogP contribution in [0.3, 0.4) is 0 Å². The van der Waals surface area contributed by atoms with Crippen molar-refractivity contribution in [3.8, 4) is 17.2 Å². The number of carbonyl (C=O) groups excluding carboxylic acids is 1. The second kappa shape index (κ2) is 13.1. The van der Waals surface area contributed by atoms with Crippen molar-refractivity contribution in [3.63, 3.8) is 0 Å². The number of ether oxygens (including phenoxy) is 4. The lowest BCUT2D eigenvalue weighted by Crippen LogP contribution is -2.19. The number of pyridine rings is 1. The van der Waals surface area contributed by atoms with Gasteiger partial charge in [0.05, 0.1) is 29.7 Å². The maximum atomic E-state index is 13.3. The molecule has 1 saturated carbocycles. The van der Waals surface area contributed by atoms with E-state index in [9.17, 15) is 13.6 Å². The molecule has 2 unspecified atom stereocenters. The molecule has 0 N–H and O–H groups in total. The Hall–Kier alpha value is -3.62. The number of rotatable bonds is 12. The zero-order chi connectivity index (χ0) is 29.8. The van der Waals surface area contributed by atoms with E-state index < -0.39 is 24.4 Å². The number of nitrogens with zero attached hydrogens (tertiary/aromatic N) is 1. The first-order valence-electron chi connectivity index (χ1n) is 13.5. The average molecular weight is 616 g/mol. The van der Waals surface area contributed by atoms with Crippen LogP contribution in [0.1, 0.15) is 48.3 Å². The van der Waals surface area contributed by atoms with Gasteiger partial charge in [-0.2, -0.15) is 8.78 Å². The molecule has 1 aliphatic rings. The molecule has 0 bridgehead atoms. The molecule has 6 nitrogen and oxygen atoms in total. The minimum Gasteiger partial charge on any atom is -0.497 e. The Kier molecular flexibility index (Phi) is 9.34. The van der Waals surface area contributed by atoms with Gasteiger partial charge in [0.25, 0.3) is 0 Å². The van der Waals surface area contributed by atoms with E-state index in [1.165, 1.54) is 18.5 Å². The molecule has 1 heterocycles. The van der Waals surface area contributed by atoms with Gasteiger partial charge in [0.15, 0.2) is 11.5 Å². The van der Waals surface area contributed by atoms with Crippen LogP contribution in [-0.4, -0.2) is 37.9 Å². The third-order valence-electron chi connectivity index (χ3n) is 7.31. The Balaban J connectivity index is 1.41.